The van der Waals surface area contributed by atoms with E-state index in [9.17, 15) is 0 Å². The van der Waals surface area contributed by atoms with E-state index >= 15 is 0 Å². The predicted molar refractivity (Wildman–Crippen MR) is 75.2 cm³/mol. The Kier molecular flexibility index (Phi) is 6.99. The molecule has 1 atom stereocenters. The van der Waals surface area contributed by atoms with Crippen molar-refractivity contribution >= 4 is 23.5 Å². The molecule has 17 heavy (non-hydrogen) atoms. The fourth-order valence-corrected chi connectivity index (χ4v) is 2.61. The van der Waals surface area contributed by atoms with E-state index in [4.69, 9.17) is 10.3 Å². The highest BCUT2D eigenvalue weighted by molar-refractivity contribution is 7.98. The van der Waals surface area contributed by atoms with Crippen molar-refractivity contribution in [3.05, 3.63) is 11.7 Å². The molecule has 0 bridgehead atoms. The molecule has 0 spiro atoms. The number of nitrogens with two attached hydrogens (primary N) is 1. The van der Waals surface area contributed by atoms with Gasteiger partial charge in [-0.05, 0) is 30.1 Å². The third-order valence-corrected chi connectivity index (χ3v) is 4.12. The monoisotopic (exact) mass is 275 g/mol. The van der Waals surface area contributed by atoms with Crippen LogP contribution in [0.25, 0.3) is 0 Å². The van der Waals surface area contributed by atoms with Crippen LogP contribution in [0.5, 0.6) is 0 Å². The molecule has 0 aliphatic heterocycles. The van der Waals surface area contributed by atoms with E-state index in [-0.39, 0.29) is 6.04 Å². The summed E-state index contributed by atoms with van der Waals surface area (Å²) in [5.41, 5.74) is 5.95. The zero-order chi connectivity index (χ0) is 12.7. The van der Waals surface area contributed by atoms with Crippen molar-refractivity contribution in [1.82, 2.24) is 10.1 Å². The normalized spacial score (nSPS) is 13.2. The summed E-state index contributed by atoms with van der Waals surface area (Å²) in [6.07, 6.45) is 2.94. The highest BCUT2D eigenvalue weighted by Gasteiger charge is 2.14. The lowest BCUT2D eigenvalue weighted by Gasteiger charge is -2.03. The van der Waals surface area contributed by atoms with E-state index in [1.807, 2.05) is 11.8 Å². The number of nitrogens with zero attached hydrogens (tertiary/aromatic N) is 2. The van der Waals surface area contributed by atoms with Gasteiger partial charge in [-0.15, -0.1) is 0 Å². The molecule has 0 aliphatic rings. The van der Waals surface area contributed by atoms with Crippen LogP contribution < -0.4 is 5.73 Å². The smallest absolute Gasteiger partial charge is 0.243 e. The van der Waals surface area contributed by atoms with Crippen LogP contribution in [-0.2, 0) is 5.75 Å². The quantitative estimate of drug-likeness (QED) is 0.787. The van der Waals surface area contributed by atoms with Crippen molar-refractivity contribution in [3.63, 3.8) is 0 Å². The van der Waals surface area contributed by atoms with Gasteiger partial charge >= 0.3 is 0 Å². The second-order valence-corrected chi connectivity index (χ2v) is 6.36. The standard InChI is InChI=1S/C11H21N3OS2/c1-8(2)6-17-7-10-13-11(15-14-10)9(12)4-5-16-3/h8-9H,4-7,12H2,1-3H3/t9-/m0/s1. The van der Waals surface area contributed by atoms with Crippen molar-refractivity contribution in [2.75, 3.05) is 17.8 Å². The van der Waals surface area contributed by atoms with E-state index in [1.54, 1.807) is 11.8 Å². The average molecular weight is 275 g/mol. The van der Waals surface area contributed by atoms with Crippen LogP contribution in [0.1, 0.15) is 38.0 Å². The number of thioether (sulfide) groups is 2. The molecule has 98 valence electrons. The van der Waals surface area contributed by atoms with Gasteiger partial charge in [0.15, 0.2) is 5.82 Å². The highest BCUT2D eigenvalue weighted by Crippen LogP contribution is 2.17. The van der Waals surface area contributed by atoms with Crippen LogP contribution in [0.15, 0.2) is 4.52 Å². The summed E-state index contributed by atoms with van der Waals surface area (Å²) < 4.78 is 5.17. The Bertz CT molecular complexity index is 317. The minimum Gasteiger partial charge on any atom is -0.338 e. The lowest BCUT2D eigenvalue weighted by atomic mass is 10.2. The van der Waals surface area contributed by atoms with Gasteiger partial charge in [0.1, 0.15) is 0 Å². The first-order valence-corrected chi connectivity index (χ1v) is 8.33. The van der Waals surface area contributed by atoms with Crippen molar-refractivity contribution in [1.29, 1.82) is 0 Å². The molecule has 0 saturated heterocycles. The first-order chi connectivity index (χ1) is 8.13. The van der Waals surface area contributed by atoms with Crippen LogP contribution in [0.2, 0.25) is 0 Å². The molecular weight excluding hydrogens is 254 g/mol. The fraction of sp³-hybridized carbons (Fsp3) is 0.818. The maximum atomic E-state index is 5.95. The number of hydrogen-bond acceptors (Lipinski definition) is 6. The molecule has 0 amide bonds. The van der Waals surface area contributed by atoms with Crippen molar-refractivity contribution < 1.29 is 4.52 Å². The van der Waals surface area contributed by atoms with Gasteiger partial charge in [0.25, 0.3) is 0 Å². The molecule has 2 N–H and O–H groups in total. The summed E-state index contributed by atoms with van der Waals surface area (Å²) in [5, 5.41) is 3.95. The zero-order valence-corrected chi connectivity index (χ0v) is 12.3. The van der Waals surface area contributed by atoms with Crippen LogP contribution >= 0.6 is 23.5 Å². The number of aromatic nitrogens is 2. The van der Waals surface area contributed by atoms with Gasteiger partial charge in [-0.3, -0.25) is 0 Å². The summed E-state index contributed by atoms with van der Waals surface area (Å²) >= 11 is 3.60. The lowest BCUT2D eigenvalue weighted by Crippen LogP contribution is -2.11. The molecule has 0 aliphatic carbocycles. The van der Waals surface area contributed by atoms with Gasteiger partial charge in [0.05, 0.1) is 11.8 Å². The largest absolute Gasteiger partial charge is 0.338 e. The Labute approximate surface area is 111 Å². The van der Waals surface area contributed by atoms with E-state index in [0.717, 1.165) is 29.5 Å². The summed E-state index contributed by atoms with van der Waals surface area (Å²) in [6, 6.07) is -0.126. The molecule has 0 fully saturated rings. The maximum absolute atomic E-state index is 5.95. The zero-order valence-electron chi connectivity index (χ0n) is 10.7. The maximum Gasteiger partial charge on any atom is 0.243 e. The van der Waals surface area contributed by atoms with Crippen molar-refractivity contribution in [2.24, 2.45) is 11.7 Å². The van der Waals surface area contributed by atoms with Crippen LogP contribution in [0.3, 0.4) is 0 Å². The van der Waals surface area contributed by atoms with Gasteiger partial charge in [0.2, 0.25) is 5.89 Å². The SMILES string of the molecule is CSCC[C@H](N)c1nc(CSCC(C)C)no1. The Balaban J connectivity index is 2.36. The summed E-state index contributed by atoms with van der Waals surface area (Å²) in [4.78, 5) is 4.33. The van der Waals surface area contributed by atoms with E-state index < -0.39 is 0 Å². The third-order valence-electron chi connectivity index (χ3n) is 2.12. The molecule has 4 nitrogen and oxygen atoms in total. The Morgan fingerprint density at radius 3 is 2.82 bits per heavy atom. The van der Waals surface area contributed by atoms with Crippen molar-refractivity contribution in [2.45, 2.75) is 32.1 Å². The molecule has 6 heteroatoms. The minimum absolute atomic E-state index is 0.126. The van der Waals surface area contributed by atoms with Gasteiger partial charge in [-0.25, -0.2) is 0 Å². The Hall–Kier alpha value is -0.200. The molecule has 0 aromatic carbocycles. The fourth-order valence-electron chi connectivity index (χ4n) is 1.23. The lowest BCUT2D eigenvalue weighted by molar-refractivity contribution is 0.350. The Morgan fingerprint density at radius 2 is 2.18 bits per heavy atom. The molecule has 1 rings (SSSR count). The average Bonchev–Trinajstić information content (AvgIpc) is 2.74. The second-order valence-electron chi connectivity index (χ2n) is 4.35. The third kappa shape index (κ3) is 5.79. The van der Waals surface area contributed by atoms with E-state index in [1.165, 1.54) is 0 Å². The first-order valence-electron chi connectivity index (χ1n) is 5.78. The van der Waals surface area contributed by atoms with Crippen LogP contribution in [0, 0.1) is 5.92 Å². The minimum atomic E-state index is -0.126. The number of hydrogen-bond donors (Lipinski definition) is 1. The summed E-state index contributed by atoms with van der Waals surface area (Å²) in [6.45, 7) is 4.40. The second kappa shape index (κ2) is 8.00. The Morgan fingerprint density at radius 1 is 1.41 bits per heavy atom. The molecule has 0 unspecified atom stereocenters. The van der Waals surface area contributed by atoms with Gasteiger partial charge in [0, 0.05) is 0 Å². The highest BCUT2D eigenvalue weighted by atomic mass is 32.2. The molecule has 0 radical (unpaired) electrons. The van der Waals surface area contributed by atoms with Crippen molar-refractivity contribution in [3.8, 4) is 0 Å². The van der Waals surface area contributed by atoms with Crippen LogP contribution in [-0.4, -0.2) is 27.9 Å². The number of rotatable bonds is 8. The summed E-state index contributed by atoms with van der Waals surface area (Å²) in [7, 11) is 0. The summed E-state index contributed by atoms with van der Waals surface area (Å²) in [5.74, 6) is 4.94. The predicted octanol–water partition coefficient (Wildman–Crippen LogP) is 2.71. The van der Waals surface area contributed by atoms with Crippen LogP contribution in [0.4, 0.5) is 0 Å². The van der Waals surface area contributed by atoms with Gasteiger partial charge in [-0.2, -0.15) is 28.5 Å². The van der Waals surface area contributed by atoms with Gasteiger partial charge < -0.3 is 10.3 Å². The topological polar surface area (TPSA) is 64.9 Å². The molecule has 1 aromatic rings. The van der Waals surface area contributed by atoms with E-state index in [2.05, 4.69) is 30.2 Å². The molecule has 1 heterocycles. The molecule has 1 aromatic heterocycles. The van der Waals surface area contributed by atoms with E-state index in [0.29, 0.717) is 11.8 Å². The molecular formula is C11H21N3OS2. The first kappa shape index (κ1) is 14.9. The van der Waals surface area contributed by atoms with Gasteiger partial charge in [-0.1, -0.05) is 19.0 Å². The molecule has 0 saturated carbocycles.